The third-order valence-electron chi connectivity index (χ3n) is 0. The van der Waals surface area contributed by atoms with E-state index in [0.717, 1.165) is 0 Å². The Morgan fingerprint density at radius 2 is 0.500 bits per heavy atom. The predicted molar refractivity (Wildman–Crippen MR) is 52.9 cm³/mol. The molecule has 0 saturated heterocycles. The van der Waals surface area contributed by atoms with Crippen molar-refractivity contribution in [3.8, 4) is 0 Å². The van der Waals surface area contributed by atoms with Crippen LogP contribution in [0.5, 0.6) is 0 Å². The van der Waals surface area contributed by atoms with Gasteiger partial charge < -0.3 is 6.15 Å². The van der Waals surface area contributed by atoms with Crippen molar-refractivity contribution in [3.05, 3.63) is 0 Å². The van der Waals surface area contributed by atoms with Gasteiger partial charge in [0.15, 0.2) is 0 Å². The molecular weight excluding hydrogens is 122 g/mol. The van der Waals surface area contributed by atoms with Gasteiger partial charge >= 0.3 is 0 Å². The van der Waals surface area contributed by atoms with E-state index in [1.54, 1.807) is 0 Å². The second-order valence-corrected chi connectivity index (χ2v) is 2.12. The van der Waals surface area contributed by atoms with Crippen molar-refractivity contribution in [2.75, 3.05) is 0 Å². The van der Waals surface area contributed by atoms with Gasteiger partial charge in [0.1, 0.15) is 0 Å². The fraction of sp³-hybridized carbons (Fsp3) is 1.00. The van der Waals surface area contributed by atoms with Crippen LogP contribution in [-0.2, 0) is 0 Å². The first-order valence-electron chi connectivity index (χ1n) is 4.24. The zero-order chi connectivity index (χ0) is 8.12. The smallest absolute Gasteiger partial charge is 0.0590 e. The van der Waals surface area contributed by atoms with Gasteiger partial charge in [-0.1, -0.05) is 60.8 Å². The highest BCUT2D eigenvalue weighted by atomic mass is 14.0. The Morgan fingerprint density at radius 3 is 0.500 bits per heavy atom. The first kappa shape index (κ1) is 22.5. The van der Waals surface area contributed by atoms with Crippen LogP contribution in [0.1, 0.15) is 60.8 Å². The first-order chi connectivity index (χ1) is 4.24. The normalized spacial score (nSPS) is 5.40. The Labute approximate surface area is 67.8 Å². The standard InChI is InChI=1S/3C3H8.H3N/c3*1-3-2;/h3*3H2,1-2H3;1H3. The second kappa shape index (κ2) is 64.8. The van der Waals surface area contributed by atoms with Gasteiger partial charge in [-0.25, -0.2) is 0 Å². The number of rotatable bonds is 0. The highest BCUT2D eigenvalue weighted by Gasteiger charge is 1.36. The zero-order valence-corrected chi connectivity index (χ0v) is 8.83. The molecule has 0 aromatic rings. The molecule has 0 bridgehead atoms. The van der Waals surface area contributed by atoms with Crippen LogP contribution in [0.3, 0.4) is 0 Å². The van der Waals surface area contributed by atoms with Crippen molar-refractivity contribution in [2.45, 2.75) is 60.8 Å². The van der Waals surface area contributed by atoms with E-state index in [1.807, 2.05) is 0 Å². The minimum atomic E-state index is 0. The molecule has 68 valence electrons. The molecule has 0 fully saturated rings. The third-order valence-corrected chi connectivity index (χ3v) is 0. The van der Waals surface area contributed by atoms with Gasteiger partial charge in [-0.15, -0.1) is 0 Å². The molecule has 0 aromatic heterocycles. The van der Waals surface area contributed by atoms with Crippen LogP contribution >= 0.6 is 0 Å². The molecule has 1 nitrogen and oxygen atoms in total. The van der Waals surface area contributed by atoms with Crippen LogP contribution in [0.25, 0.3) is 0 Å². The van der Waals surface area contributed by atoms with Crippen molar-refractivity contribution >= 4 is 0 Å². The molecule has 3 N–H and O–H groups in total. The lowest BCUT2D eigenvalue weighted by Gasteiger charge is -1.48. The summed E-state index contributed by atoms with van der Waals surface area (Å²) < 4.78 is 0. The van der Waals surface area contributed by atoms with Crippen molar-refractivity contribution in [2.24, 2.45) is 0 Å². The molecular formula is C9H27N. The summed E-state index contributed by atoms with van der Waals surface area (Å²) in [6.07, 6.45) is 3.75. The van der Waals surface area contributed by atoms with Crippen LogP contribution in [0.15, 0.2) is 0 Å². The number of hydrogen-bond acceptors (Lipinski definition) is 1. The minimum absolute atomic E-state index is 0. The molecule has 0 heterocycles. The maximum atomic E-state index is 2.12. The van der Waals surface area contributed by atoms with E-state index in [0.29, 0.717) is 0 Å². The van der Waals surface area contributed by atoms with Crippen LogP contribution in [0.4, 0.5) is 0 Å². The van der Waals surface area contributed by atoms with Gasteiger partial charge in [0, 0.05) is 0 Å². The fourth-order valence-electron chi connectivity index (χ4n) is 0. The highest BCUT2D eigenvalue weighted by Crippen LogP contribution is 1.56. The maximum Gasteiger partial charge on any atom is -0.0590 e. The van der Waals surface area contributed by atoms with Crippen molar-refractivity contribution in [3.63, 3.8) is 0 Å². The van der Waals surface area contributed by atoms with Crippen molar-refractivity contribution in [1.82, 2.24) is 6.15 Å². The molecule has 0 atom stereocenters. The number of hydrogen-bond donors (Lipinski definition) is 1. The third kappa shape index (κ3) is 241000. The average molecular weight is 149 g/mol. The lowest BCUT2D eigenvalue weighted by Crippen LogP contribution is -1.27. The highest BCUT2D eigenvalue weighted by molar-refractivity contribution is 3.92. The summed E-state index contributed by atoms with van der Waals surface area (Å²) in [6.45, 7) is 12.8. The first-order valence-corrected chi connectivity index (χ1v) is 4.24. The van der Waals surface area contributed by atoms with Crippen LogP contribution in [0.2, 0.25) is 0 Å². The summed E-state index contributed by atoms with van der Waals surface area (Å²) in [5.41, 5.74) is 0. The van der Waals surface area contributed by atoms with Crippen LogP contribution in [-0.4, -0.2) is 0 Å². The molecule has 0 saturated carbocycles. The Morgan fingerprint density at radius 1 is 0.500 bits per heavy atom. The molecule has 0 aliphatic heterocycles. The lowest BCUT2D eigenvalue weighted by molar-refractivity contribution is 1.09. The van der Waals surface area contributed by atoms with Gasteiger partial charge in [-0.05, 0) is 0 Å². The predicted octanol–water partition coefficient (Wildman–Crippen LogP) is 4.41. The van der Waals surface area contributed by atoms with Crippen LogP contribution in [0, 0.1) is 0 Å². The minimum Gasteiger partial charge on any atom is -0.344 e. The van der Waals surface area contributed by atoms with Gasteiger partial charge in [-0.2, -0.15) is 0 Å². The molecule has 0 rings (SSSR count). The quantitative estimate of drug-likeness (QED) is 0.544. The Hall–Kier alpha value is -0.0400. The van der Waals surface area contributed by atoms with E-state index >= 15 is 0 Å². The van der Waals surface area contributed by atoms with E-state index in [4.69, 9.17) is 0 Å². The van der Waals surface area contributed by atoms with E-state index in [2.05, 4.69) is 41.5 Å². The summed E-state index contributed by atoms with van der Waals surface area (Å²) in [7, 11) is 0. The molecule has 10 heavy (non-hydrogen) atoms. The largest absolute Gasteiger partial charge is 0.344 e. The SMILES string of the molecule is CCC.CCC.CCC.N. The summed E-state index contributed by atoms with van der Waals surface area (Å²) in [6, 6.07) is 0. The van der Waals surface area contributed by atoms with E-state index in [-0.39, 0.29) is 6.15 Å². The van der Waals surface area contributed by atoms with Crippen molar-refractivity contribution < 1.29 is 0 Å². The Balaban J connectivity index is -0.0000000257. The Bertz CT molecular complexity index is 9.44. The summed E-state index contributed by atoms with van der Waals surface area (Å²) >= 11 is 0. The molecule has 0 radical (unpaired) electrons. The topological polar surface area (TPSA) is 35.0 Å². The molecule has 0 aliphatic carbocycles. The molecule has 0 aliphatic rings. The van der Waals surface area contributed by atoms with Gasteiger partial charge in [0.05, 0.1) is 0 Å². The maximum absolute atomic E-state index is 2.12. The van der Waals surface area contributed by atoms with E-state index in [9.17, 15) is 0 Å². The second-order valence-electron chi connectivity index (χ2n) is 2.12. The summed E-state index contributed by atoms with van der Waals surface area (Å²) in [5, 5.41) is 0. The van der Waals surface area contributed by atoms with E-state index < -0.39 is 0 Å². The molecule has 1 heteroatoms. The molecule has 0 spiro atoms. The Kier molecular flexibility index (Phi) is 146. The van der Waals surface area contributed by atoms with Gasteiger partial charge in [-0.3, -0.25) is 0 Å². The summed E-state index contributed by atoms with van der Waals surface area (Å²) in [4.78, 5) is 0. The molecule has 0 aromatic carbocycles. The fourth-order valence-corrected chi connectivity index (χ4v) is 0. The average Bonchev–Trinajstić information content (AvgIpc) is 1.70. The molecule has 0 unspecified atom stereocenters. The zero-order valence-electron chi connectivity index (χ0n) is 8.83. The van der Waals surface area contributed by atoms with Gasteiger partial charge in [0.25, 0.3) is 0 Å². The van der Waals surface area contributed by atoms with E-state index in [1.165, 1.54) is 19.3 Å². The molecule has 0 amide bonds. The van der Waals surface area contributed by atoms with Crippen molar-refractivity contribution in [1.29, 1.82) is 0 Å². The van der Waals surface area contributed by atoms with Gasteiger partial charge in [0.2, 0.25) is 0 Å². The lowest BCUT2D eigenvalue weighted by atomic mass is 10.6. The van der Waals surface area contributed by atoms with Crippen LogP contribution < -0.4 is 6.15 Å². The monoisotopic (exact) mass is 149 g/mol. The summed E-state index contributed by atoms with van der Waals surface area (Å²) in [5.74, 6) is 0.